The van der Waals surface area contributed by atoms with Gasteiger partial charge in [-0.3, -0.25) is 14.5 Å². The maximum Gasteiger partial charge on any atom is 0.238 e. The van der Waals surface area contributed by atoms with Crippen molar-refractivity contribution >= 4 is 34.1 Å². The third-order valence-electron chi connectivity index (χ3n) is 6.94. The first-order valence-corrected chi connectivity index (χ1v) is 10.5. The molecular formula is C24H17N5O2. The predicted octanol–water partition coefficient (Wildman–Crippen LogP) is 3.26. The number of hydrogen-bond acceptors (Lipinski definition) is 5. The summed E-state index contributed by atoms with van der Waals surface area (Å²) in [5.41, 5.74) is 3.04. The quantitative estimate of drug-likeness (QED) is 0.376. The van der Waals surface area contributed by atoms with E-state index in [1.54, 1.807) is 10.8 Å². The summed E-state index contributed by atoms with van der Waals surface area (Å²) in [6.45, 7) is 0. The molecule has 4 aromatic rings. The second-order valence-electron chi connectivity index (χ2n) is 8.52. The molecule has 1 saturated heterocycles. The van der Waals surface area contributed by atoms with Crippen LogP contribution in [0.25, 0.3) is 27.9 Å². The number of benzene rings is 2. The maximum atomic E-state index is 13.0. The molecule has 0 spiro atoms. The average Bonchev–Trinajstić information content (AvgIpc) is 3.57. The van der Waals surface area contributed by atoms with Gasteiger partial charge in [0.05, 0.1) is 23.0 Å². The van der Waals surface area contributed by atoms with Crippen molar-refractivity contribution in [2.75, 3.05) is 4.90 Å². The van der Waals surface area contributed by atoms with Crippen LogP contribution >= 0.6 is 0 Å². The summed E-state index contributed by atoms with van der Waals surface area (Å²) in [6, 6.07) is 15.2. The van der Waals surface area contributed by atoms with Crippen molar-refractivity contribution in [2.24, 2.45) is 23.7 Å². The minimum atomic E-state index is -0.192. The van der Waals surface area contributed by atoms with Gasteiger partial charge in [-0.25, -0.2) is 14.5 Å². The number of allylic oxidation sites excluding steroid dienone is 2. The van der Waals surface area contributed by atoms with Crippen LogP contribution in [-0.2, 0) is 9.59 Å². The van der Waals surface area contributed by atoms with Gasteiger partial charge >= 0.3 is 0 Å². The number of aromatic nitrogens is 4. The summed E-state index contributed by atoms with van der Waals surface area (Å²) >= 11 is 0. The van der Waals surface area contributed by atoms with E-state index >= 15 is 0 Å². The lowest BCUT2D eigenvalue weighted by molar-refractivity contribution is -0.123. The molecular weight excluding hydrogens is 390 g/mol. The molecule has 0 N–H and O–H groups in total. The number of rotatable bonds is 2. The van der Waals surface area contributed by atoms with Crippen LogP contribution in [0.15, 0.2) is 67.0 Å². The first kappa shape index (κ1) is 16.9. The molecule has 2 aliphatic carbocycles. The molecule has 2 fully saturated rings. The Bertz CT molecular complexity index is 1410. The van der Waals surface area contributed by atoms with Crippen molar-refractivity contribution in [3.05, 3.63) is 67.0 Å². The zero-order valence-corrected chi connectivity index (χ0v) is 16.4. The smallest absolute Gasteiger partial charge is 0.238 e. The lowest BCUT2D eigenvalue weighted by atomic mass is 9.85. The molecule has 150 valence electrons. The fourth-order valence-corrected chi connectivity index (χ4v) is 5.52. The molecule has 7 nitrogen and oxygen atoms in total. The Balaban J connectivity index is 1.24. The Hall–Kier alpha value is -3.87. The Morgan fingerprint density at radius 2 is 1.58 bits per heavy atom. The second-order valence-corrected chi connectivity index (χ2v) is 8.52. The van der Waals surface area contributed by atoms with E-state index in [4.69, 9.17) is 4.98 Å². The van der Waals surface area contributed by atoms with Crippen LogP contribution in [0.2, 0.25) is 0 Å². The fraction of sp³-hybridized carbons (Fsp3) is 0.208. The van der Waals surface area contributed by atoms with Gasteiger partial charge in [-0.15, -0.1) is 5.10 Å². The maximum absolute atomic E-state index is 13.0. The van der Waals surface area contributed by atoms with E-state index in [2.05, 4.69) is 22.2 Å². The van der Waals surface area contributed by atoms with Crippen LogP contribution in [0, 0.1) is 23.7 Å². The van der Waals surface area contributed by atoms with E-state index in [0.717, 1.165) is 28.5 Å². The van der Waals surface area contributed by atoms with Gasteiger partial charge in [-0.2, -0.15) is 0 Å². The van der Waals surface area contributed by atoms with E-state index in [1.165, 1.54) is 4.90 Å². The molecule has 2 bridgehead atoms. The van der Waals surface area contributed by atoms with Crippen molar-refractivity contribution in [1.29, 1.82) is 0 Å². The Kier molecular flexibility index (Phi) is 3.18. The highest BCUT2D eigenvalue weighted by molar-refractivity contribution is 6.22. The van der Waals surface area contributed by atoms with Crippen LogP contribution in [0.3, 0.4) is 0 Å². The minimum absolute atomic E-state index is 0.0667. The molecule has 1 saturated carbocycles. The zero-order valence-electron chi connectivity index (χ0n) is 16.4. The number of anilines is 1. The zero-order chi connectivity index (χ0) is 20.7. The number of nitrogens with zero attached hydrogens (tertiary/aromatic N) is 5. The van der Waals surface area contributed by atoms with Crippen molar-refractivity contribution in [1.82, 2.24) is 19.6 Å². The number of amides is 2. The van der Waals surface area contributed by atoms with Gasteiger partial charge in [0, 0.05) is 10.9 Å². The monoisotopic (exact) mass is 407 g/mol. The topological polar surface area (TPSA) is 80.5 Å². The van der Waals surface area contributed by atoms with E-state index in [0.29, 0.717) is 11.5 Å². The van der Waals surface area contributed by atoms with Gasteiger partial charge < -0.3 is 0 Å². The Morgan fingerprint density at radius 3 is 2.32 bits per heavy atom. The lowest BCUT2D eigenvalue weighted by Gasteiger charge is -2.17. The third-order valence-corrected chi connectivity index (χ3v) is 6.94. The number of carbonyl (C=O) groups excluding carboxylic acids is 2. The number of carbonyl (C=O) groups is 2. The molecule has 2 amide bonds. The van der Waals surface area contributed by atoms with Crippen LogP contribution in [0.4, 0.5) is 5.69 Å². The summed E-state index contributed by atoms with van der Waals surface area (Å²) in [7, 11) is 0. The summed E-state index contributed by atoms with van der Waals surface area (Å²) in [5.74, 6) is 0.475. The Labute approximate surface area is 177 Å². The molecule has 31 heavy (non-hydrogen) atoms. The number of fused-ring (bicyclic) bond motifs is 8. The van der Waals surface area contributed by atoms with Crippen molar-refractivity contribution < 1.29 is 9.59 Å². The number of hydrogen-bond donors (Lipinski definition) is 0. The highest BCUT2D eigenvalue weighted by atomic mass is 16.2. The Morgan fingerprint density at radius 1 is 0.871 bits per heavy atom. The summed E-state index contributed by atoms with van der Waals surface area (Å²) < 4.78 is 1.67. The predicted molar refractivity (Wildman–Crippen MR) is 114 cm³/mol. The molecule has 3 heterocycles. The van der Waals surface area contributed by atoms with Crippen LogP contribution in [-0.4, -0.2) is 31.4 Å². The van der Waals surface area contributed by atoms with Gasteiger partial charge in [0.2, 0.25) is 11.8 Å². The number of para-hydroxylation sites is 1. The standard InChI is InChI=1S/C24H17N5O2/c30-23-19-14-5-6-15(11-14)20(19)24(31)29(23)16-9-7-13(8-10-16)21-26-22-17-3-1-2-4-18(17)25-12-28(22)27-21/h1-10,12,14-15,19-20H,11H2/t14-,15-,19-,20-/m0/s1. The molecule has 2 aromatic carbocycles. The fourth-order valence-electron chi connectivity index (χ4n) is 5.52. The first-order chi connectivity index (χ1) is 15.2. The van der Waals surface area contributed by atoms with Gasteiger partial charge in [0.1, 0.15) is 6.33 Å². The molecule has 0 unspecified atom stereocenters. The summed E-state index contributed by atoms with van der Waals surface area (Å²) in [4.78, 5) is 36.5. The van der Waals surface area contributed by atoms with E-state index < -0.39 is 0 Å². The highest BCUT2D eigenvalue weighted by Crippen LogP contribution is 2.53. The molecule has 1 aliphatic heterocycles. The third kappa shape index (κ3) is 2.20. The molecule has 4 atom stereocenters. The van der Waals surface area contributed by atoms with Gasteiger partial charge in [0.25, 0.3) is 0 Å². The molecule has 0 radical (unpaired) electrons. The number of imide groups is 1. The van der Waals surface area contributed by atoms with Crippen molar-refractivity contribution in [3.8, 4) is 11.4 Å². The first-order valence-electron chi connectivity index (χ1n) is 10.5. The van der Waals surface area contributed by atoms with Crippen molar-refractivity contribution in [3.63, 3.8) is 0 Å². The highest BCUT2D eigenvalue weighted by Gasteiger charge is 2.59. The molecule has 2 aromatic heterocycles. The van der Waals surface area contributed by atoms with Crippen LogP contribution in [0.5, 0.6) is 0 Å². The molecule has 3 aliphatic rings. The molecule has 7 heteroatoms. The van der Waals surface area contributed by atoms with Gasteiger partial charge in [-0.05, 0) is 54.7 Å². The van der Waals surface area contributed by atoms with E-state index in [1.807, 2.05) is 48.5 Å². The lowest BCUT2D eigenvalue weighted by Crippen LogP contribution is -2.32. The van der Waals surface area contributed by atoms with Crippen LogP contribution in [0.1, 0.15) is 6.42 Å². The SMILES string of the molecule is O=C1[C@@H]2[C@@H](C(=O)N1c1ccc(-c3nc4c5ccccc5ncn4n3)cc1)[C@H]1C=C[C@H]2C1. The molecule has 7 rings (SSSR count). The second kappa shape index (κ2) is 5.85. The van der Waals surface area contributed by atoms with Crippen molar-refractivity contribution in [2.45, 2.75) is 6.42 Å². The normalized spacial score (nSPS) is 26.5. The van der Waals surface area contributed by atoms with E-state index in [-0.39, 0.29) is 35.5 Å². The van der Waals surface area contributed by atoms with Gasteiger partial charge in [0.15, 0.2) is 11.5 Å². The minimum Gasteiger partial charge on any atom is -0.274 e. The largest absolute Gasteiger partial charge is 0.274 e. The van der Waals surface area contributed by atoms with Gasteiger partial charge in [-0.1, -0.05) is 24.3 Å². The summed E-state index contributed by atoms with van der Waals surface area (Å²) in [5, 5.41) is 5.49. The van der Waals surface area contributed by atoms with E-state index in [9.17, 15) is 9.59 Å². The van der Waals surface area contributed by atoms with Crippen LogP contribution < -0.4 is 4.90 Å². The average molecular weight is 407 g/mol. The summed E-state index contributed by atoms with van der Waals surface area (Å²) in [6.07, 6.45) is 6.81.